The summed E-state index contributed by atoms with van der Waals surface area (Å²) < 4.78 is 5.24. The Kier molecular flexibility index (Phi) is 4.20. The van der Waals surface area contributed by atoms with Crippen LogP contribution in [0.1, 0.15) is 52.4 Å². The minimum Gasteiger partial charge on any atom is -0.366 e. The Bertz CT molecular complexity index is 137. The Balaban J connectivity index is 2.15. The summed E-state index contributed by atoms with van der Waals surface area (Å²) in [7, 11) is 0. The number of rotatable bonds is 5. The Hall–Kier alpha value is -0.0800. The Morgan fingerprint density at radius 2 is 2.00 bits per heavy atom. The monoisotopic (exact) mass is 186 g/mol. The summed E-state index contributed by atoms with van der Waals surface area (Å²) in [6.07, 6.45) is 7.35. The van der Waals surface area contributed by atoms with Crippen LogP contribution in [0, 0.1) is 5.92 Å². The highest BCUT2D eigenvalue weighted by molar-refractivity contribution is 4.70. The summed E-state index contributed by atoms with van der Waals surface area (Å²) in [4.78, 5) is 0. The van der Waals surface area contributed by atoms with Crippen LogP contribution in [0.25, 0.3) is 0 Å². The molecule has 0 aliphatic heterocycles. The van der Waals surface area contributed by atoms with Crippen molar-refractivity contribution in [3.8, 4) is 0 Å². The van der Waals surface area contributed by atoms with Gasteiger partial charge < -0.3 is 9.84 Å². The molecule has 1 N–H and O–H groups in total. The molecule has 0 aromatic heterocycles. The van der Waals surface area contributed by atoms with Gasteiger partial charge in [-0.15, -0.1) is 0 Å². The van der Waals surface area contributed by atoms with E-state index in [2.05, 4.69) is 0 Å². The fourth-order valence-electron chi connectivity index (χ4n) is 2.15. The normalized spacial score (nSPS) is 23.3. The molecule has 0 aromatic rings. The van der Waals surface area contributed by atoms with Gasteiger partial charge in [0, 0.05) is 13.0 Å². The average Bonchev–Trinajstić information content (AvgIpc) is 2.52. The summed E-state index contributed by atoms with van der Waals surface area (Å²) in [6, 6.07) is 0. The minimum atomic E-state index is -0.892. The van der Waals surface area contributed by atoms with Crippen molar-refractivity contribution in [2.24, 2.45) is 5.92 Å². The van der Waals surface area contributed by atoms with Gasteiger partial charge in [0.2, 0.25) is 0 Å². The van der Waals surface area contributed by atoms with Gasteiger partial charge in [-0.3, -0.25) is 0 Å². The van der Waals surface area contributed by atoms with E-state index < -0.39 is 5.79 Å². The third-order valence-electron chi connectivity index (χ3n) is 2.95. The Morgan fingerprint density at radius 1 is 1.38 bits per heavy atom. The zero-order valence-electron chi connectivity index (χ0n) is 8.88. The van der Waals surface area contributed by atoms with E-state index in [9.17, 15) is 5.11 Å². The van der Waals surface area contributed by atoms with Crippen LogP contribution in [0.4, 0.5) is 0 Å². The van der Waals surface area contributed by atoms with E-state index in [1.54, 1.807) is 6.92 Å². The summed E-state index contributed by atoms with van der Waals surface area (Å²) in [5.41, 5.74) is 0. The first-order valence-electron chi connectivity index (χ1n) is 5.50. The molecule has 1 atom stereocenters. The van der Waals surface area contributed by atoms with Crippen molar-refractivity contribution in [2.75, 3.05) is 6.61 Å². The van der Waals surface area contributed by atoms with Gasteiger partial charge in [0.05, 0.1) is 0 Å². The lowest BCUT2D eigenvalue weighted by Gasteiger charge is -2.24. The molecule has 13 heavy (non-hydrogen) atoms. The van der Waals surface area contributed by atoms with Crippen molar-refractivity contribution in [3.63, 3.8) is 0 Å². The first-order valence-corrected chi connectivity index (χ1v) is 5.50. The molecule has 2 heteroatoms. The molecule has 0 radical (unpaired) electrons. The van der Waals surface area contributed by atoms with Gasteiger partial charge in [-0.2, -0.15) is 0 Å². The van der Waals surface area contributed by atoms with Crippen LogP contribution in [-0.4, -0.2) is 17.5 Å². The molecular weight excluding hydrogens is 164 g/mol. The maximum Gasteiger partial charge on any atom is 0.162 e. The van der Waals surface area contributed by atoms with Crippen LogP contribution >= 0.6 is 0 Å². The molecule has 2 nitrogen and oxygen atoms in total. The highest BCUT2D eigenvalue weighted by Crippen LogP contribution is 2.30. The predicted octanol–water partition coefficient (Wildman–Crippen LogP) is 2.70. The van der Waals surface area contributed by atoms with E-state index in [1.165, 1.54) is 25.7 Å². The summed E-state index contributed by atoms with van der Waals surface area (Å²) in [5.74, 6) is -0.0518. The molecule has 78 valence electrons. The molecule has 1 rings (SSSR count). The number of ether oxygens (including phenoxy) is 1. The summed E-state index contributed by atoms with van der Waals surface area (Å²) >= 11 is 0. The van der Waals surface area contributed by atoms with E-state index in [4.69, 9.17) is 4.74 Å². The topological polar surface area (TPSA) is 29.5 Å². The van der Waals surface area contributed by atoms with Gasteiger partial charge >= 0.3 is 0 Å². The number of hydrogen-bond donors (Lipinski definition) is 1. The maximum absolute atomic E-state index is 9.75. The van der Waals surface area contributed by atoms with Crippen molar-refractivity contribution in [3.05, 3.63) is 0 Å². The molecule has 0 aromatic carbocycles. The van der Waals surface area contributed by atoms with Crippen LogP contribution in [0.2, 0.25) is 0 Å². The van der Waals surface area contributed by atoms with Crippen LogP contribution in [0.3, 0.4) is 0 Å². The molecule has 1 saturated carbocycles. The second-order valence-electron chi connectivity index (χ2n) is 4.30. The molecule has 1 fully saturated rings. The molecule has 0 bridgehead atoms. The van der Waals surface area contributed by atoms with Crippen molar-refractivity contribution >= 4 is 0 Å². The highest BCUT2D eigenvalue weighted by atomic mass is 16.6. The van der Waals surface area contributed by atoms with Crippen molar-refractivity contribution < 1.29 is 9.84 Å². The van der Waals surface area contributed by atoms with E-state index in [0.717, 1.165) is 18.8 Å². The van der Waals surface area contributed by atoms with Gasteiger partial charge in [0.25, 0.3) is 0 Å². The Labute approximate surface area is 81.3 Å². The second-order valence-corrected chi connectivity index (χ2v) is 4.30. The zero-order chi connectivity index (χ0) is 9.73. The van der Waals surface area contributed by atoms with Crippen LogP contribution in [0.5, 0.6) is 0 Å². The van der Waals surface area contributed by atoms with E-state index >= 15 is 0 Å². The molecule has 0 saturated heterocycles. The fraction of sp³-hybridized carbons (Fsp3) is 1.00. The van der Waals surface area contributed by atoms with E-state index in [1.807, 2.05) is 6.92 Å². The third kappa shape index (κ3) is 4.10. The van der Waals surface area contributed by atoms with E-state index in [0.29, 0.717) is 6.61 Å². The maximum atomic E-state index is 9.75. The molecule has 0 heterocycles. The minimum absolute atomic E-state index is 0.595. The molecule has 0 spiro atoms. The SMILES string of the molecule is CCOC(C)(O)CCC1CCCC1. The van der Waals surface area contributed by atoms with Gasteiger partial charge in [-0.25, -0.2) is 0 Å². The quantitative estimate of drug-likeness (QED) is 0.669. The number of hydrogen-bond acceptors (Lipinski definition) is 2. The lowest BCUT2D eigenvalue weighted by atomic mass is 9.99. The first kappa shape index (κ1) is 11.0. The number of aliphatic hydroxyl groups is 1. The van der Waals surface area contributed by atoms with Crippen LogP contribution < -0.4 is 0 Å². The first-order chi connectivity index (χ1) is 6.14. The molecule has 1 aliphatic carbocycles. The lowest BCUT2D eigenvalue weighted by Crippen LogP contribution is -2.28. The summed E-state index contributed by atoms with van der Waals surface area (Å²) in [5, 5.41) is 9.75. The van der Waals surface area contributed by atoms with Gasteiger partial charge in [0.15, 0.2) is 5.79 Å². The van der Waals surface area contributed by atoms with Crippen molar-refractivity contribution in [1.29, 1.82) is 0 Å². The largest absolute Gasteiger partial charge is 0.366 e. The van der Waals surface area contributed by atoms with Gasteiger partial charge in [-0.05, 0) is 26.2 Å². The second kappa shape index (κ2) is 4.97. The standard InChI is InChI=1S/C11H22O2/c1-3-13-11(2,12)9-8-10-6-4-5-7-10/h10,12H,3-9H2,1-2H3. The summed E-state index contributed by atoms with van der Waals surface area (Å²) in [6.45, 7) is 4.28. The molecule has 0 amide bonds. The molecule has 1 unspecified atom stereocenters. The zero-order valence-corrected chi connectivity index (χ0v) is 8.88. The van der Waals surface area contributed by atoms with Crippen LogP contribution in [-0.2, 0) is 4.74 Å². The smallest absolute Gasteiger partial charge is 0.162 e. The van der Waals surface area contributed by atoms with Crippen LogP contribution in [0.15, 0.2) is 0 Å². The van der Waals surface area contributed by atoms with Gasteiger partial charge in [0.1, 0.15) is 0 Å². The van der Waals surface area contributed by atoms with Crippen molar-refractivity contribution in [1.82, 2.24) is 0 Å². The molecular formula is C11H22O2. The van der Waals surface area contributed by atoms with E-state index in [-0.39, 0.29) is 0 Å². The lowest BCUT2D eigenvalue weighted by molar-refractivity contribution is -0.192. The van der Waals surface area contributed by atoms with Gasteiger partial charge in [-0.1, -0.05) is 25.7 Å². The third-order valence-corrected chi connectivity index (χ3v) is 2.95. The highest BCUT2D eigenvalue weighted by Gasteiger charge is 2.23. The Morgan fingerprint density at radius 3 is 2.54 bits per heavy atom. The van der Waals surface area contributed by atoms with Crippen molar-refractivity contribution in [2.45, 2.75) is 58.2 Å². The molecule has 1 aliphatic rings. The fourth-order valence-corrected chi connectivity index (χ4v) is 2.15. The predicted molar refractivity (Wildman–Crippen MR) is 53.4 cm³/mol. The average molecular weight is 186 g/mol.